The quantitative estimate of drug-likeness (QED) is 0.224. The molecule has 5 aromatic heterocycles. The number of fused-ring (bicyclic) bond motifs is 4. The van der Waals surface area contributed by atoms with E-state index in [1.54, 1.807) is 12.4 Å². The maximum Gasteiger partial charge on any atom is 0.292 e. The molecule has 55 heavy (non-hydrogen) atoms. The second kappa shape index (κ2) is 13.3. The van der Waals surface area contributed by atoms with Crippen molar-refractivity contribution < 1.29 is 9.21 Å². The number of nitrogen functional groups attached to an aromatic ring is 2. The Hall–Kier alpha value is -6.75. The Balaban J connectivity index is 0.799. The molecule has 10 rings (SSSR count). The van der Waals surface area contributed by atoms with Crippen LogP contribution in [0, 0.1) is 0 Å². The van der Waals surface area contributed by atoms with E-state index in [1.165, 1.54) is 17.5 Å². The number of hydrogen-bond donors (Lipinski definition) is 3. The average Bonchev–Trinajstić information content (AvgIpc) is 3.80. The van der Waals surface area contributed by atoms with Gasteiger partial charge in [0.15, 0.2) is 11.2 Å². The zero-order valence-corrected chi connectivity index (χ0v) is 29.9. The third-order valence-corrected chi connectivity index (χ3v) is 10.7. The van der Waals surface area contributed by atoms with Gasteiger partial charge >= 0.3 is 0 Å². The summed E-state index contributed by atoms with van der Waals surface area (Å²) in [6.45, 7) is 6.38. The van der Waals surface area contributed by atoms with Crippen LogP contribution in [-0.4, -0.2) is 94.7 Å². The zero-order valence-electron chi connectivity index (χ0n) is 29.9. The molecule has 2 aromatic carbocycles. The van der Waals surface area contributed by atoms with Gasteiger partial charge in [0.05, 0.1) is 23.2 Å². The number of piperazine rings is 1. The third-order valence-electron chi connectivity index (χ3n) is 10.7. The summed E-state index contributed by atoms with van der Waals surface area (Å²) < 4.78 is 7.29. The van der Waals surface area contributed by atoms with Gasteiger partial charge in [0.25, 0.3) is 11.9 Å². The van der Waals surface area contributed by atoms with E-state index in [0.29, 0.717) is 64.8 Å². The van der Waals surface area contributed by atoms with Crippen molar-refractivity contribution in [3.8, 4) is 11.3 Å². The fraction of sp³-hybridized carbons (Fsp3) is 0.289. The minimum atomic E-state index is -0.0786. The van der Waals surface area contributed by atoms with Gasteiger partial charge in [-0.2, -0.15) is 10.1 Å². The Morgan fingerprint density at radius 2 is 1.64 bits per heavy atom. The van der Waals surface area contributed by atoms with Gasteiger partial charge in [-0.25, -0.2) is 34.6 Å². The van der Waals surface area contributed by atoms with Crippen LogP contribution < -0.4 is 26.6 Å². The number of nitrogens with two attached hydrogens (primary N) is 2. The van der Waals surface area contributed by atoms with Crippen LogP contribution in [-0.2, 0) is 32.5 Å². The number of rotatable bonds is 6. The fourth-order valence-electron chi connectivity index (χ4n) is 7.75. The van der Waals surface area contributed by atoms with Crippen molar-refractivity contribution in [3.05, 3.63) is 94.8 Å². The van der Waals surface area contributed by atoms with Crippen molar-refractivity contribution in [1.82, 2.24) is 54.9 Å². The molecule has 0 saturated carbocycles. The predicted octanol–water partition coefficient (Wildman–Crippen LogP) is 2.60. The zero-order chi connectivity index (χ0) is 37.0. The molecule has 5 N–H and O–H groups in total. The summed E-state index contributed by atoms with van der Waals surface area (Å²) in [5, 5.41) is 8.98. The van der Waals surface area contributed by atoms with Crippen LogP contribution in [0.1, 0.15) is 38.3 Å². The lowest BCUT2D eigenvalue weighted by Gasteiger charge is -2.35. The van der Waals surface area contributed by atoms with Crippen molar-refractivity contribution in [2.24, 2.45) is 0 Å². The first-order valence-corrected chi connectivity index (χ1v) is 18.3. The van der Waals surface area contributed by atoms with Gasteiger partial charge in [-0.15, -0.1) is 0 Å². The first-order chi connectivity index (χ1) is 26.9. The highest BCUT2D eigenvalue weighted by atomic mass is 16.4. The molecule has 0 bridgehead atoms. The second-order valence-electron chi connectivity index (χ2n) is 14.1. The van der Waals surface area contributed by atoms with Crippen LogP contribution in [0.3, 0.4) is 0 Å². The standard InChI is InChI=1S/C38H37N15O2/c39-33-31-32(24-3-4-30-29(14-24)47-36(40)55-30)49-53(34(31)46-21-45-33)19-22-1-2-25-20-52(8-6-23(25)13-22)35(54)27-17-42-37(43-18-27)50-9-11-51(12-10-50)38-44-16-26-15-41-7-5-28(26)48-38/h1-4,13-14,16-18,21,41H,5-12,15,19-20H2,(H2,40,47)(H2,39,45,46). The van der Waals surface area contributed by atoms with E-state index in [2.05, 4.69) is 63.2 Å². The van der Waals surface area contributed by atoms with Crippen LogP contribution in [0.2, 0.25) is 0 Å². The molecule has 3 aliphatic rings. The molecule has 276 valence electrons. The lowest BCUT2D eigenvalue weighted by molar-refractivity contribution is 0.0734. The van der Waals surface area contributed by atoms with E-state index in [-0.39, 0.29) is 11.9 Å². The van der Waals surface area contributed by atoms with E-state index in [0.717, 1.165) is 80.4 Å². The predicted molar refractivity (Wildman–Crippen MR) is 205 cm³/mol. The van der Waals surface area contributed by atoms with E-state index in [4.69, 9.17) is 26.0 Å². The Morgan fingerprint density at radius 1 is 0.818 bits per heavy atom. The van der Waals surface area contributed by atoms with Crippen LogP contribution in [0.5, 0.6) is 0 Å². The molecule has 8 heterocycles. The van der Waals surface area contributed by atoms with Gasteiger partial charge in [0, 0.05) is 88.5 Å². The van der Waals surface area contributed by atoms with Crippen LogP contribution in [0.25, 0.3) is 33.4 Å². The Bertz CT molecular complexity index is 2590. The van der Waals surface area contributed by atoms with Crippen LogP contribution in [0.15, 0.2) is 65.7 Å². The molecule has 17 heteroatoms. The van der Waals surface area contributed by atoms with Crippen molar-refractivity contribution in [3.63, 3.8) is 0 Å². The third kappa shape index (κ3) is 6.07. The molecule has 1 saturated heterocycles. The number of hydrogen-bond acceptors (Lipinski definition) is 15. The summed E-state index contributed by atoms with van der Waals surface area (Å²) in [7, 11) is 0. The van der Waals surface area contributed by atoms with Gasteiger partial charge in [-0.1, -0.05) is 18.2 Å². The van der Waals surface area contributed by atoms with Gasteiger partial charge in [-0.05, 0) is 41.3 Å². The van der Waals surface area contributed by atoms with E-state index < -0.39 is 0 Å². The molecule has 1 amide bonds. The molecule has 1 fully saturated rings. The molecule has 0 radical (unpaired) electrons. The summed E-state index contributed by atoms with van der Waals surface area (Å²) in [5.41, 5.74) is 21.6. The number of aromatic nitrogens is 9. The average molecular weight is 736 g/mol. The topological polar surface area (TPSA) is 212 Å². The molecule has 0 unspecified atom stereocenters. The molecule has 0 spiro atoms. The smallest absolute Gasteiger partial charge is 0.292 e. The molecular weight excluding hydrogens is 699 g/mol. The summed E-state index contributed by atoms with van der Waals surface area (Å²) >= 11 is 0. The minimum Gasteiger partial charge on any atom is -0.424 e. The highest BCUT2D eigenvalue weighted by molar-refractivity contribution is 5.99. The normalized spacial score (nSPS) is 15.7. The fourth-order valence-corrected chi connectivity index (χ4v) is 7.75. The SMILES string of the molecule is Nc1nc2cc(-c3nn(Cc4ccc5c(c4)CCN(C(=O)c4cnc(N6CCN(c7ncc8c(n7)CCNC8)CC6)nc4)C5)c4ncnc(N)c34)ccc2o1. The lowest BCUT2D eigenvalue weighted by atomic mass is 9.97. The first-order valence-electron chi connectivity index (χ1n) is 18.3. The van der Waals surface area contributed by atoms with Crippen LogP contribution in [0.4, 0.5) is 23.7 Å². The van der Waals surface area contributed by atoms with E-state index in [9.17, 15) is 4.79 Å². The molecule has 7 aromatic rings. The Morgan fingerprint density at radius 3 is 2.49 bits per heavy atom. The summed E-state index contributed by atoms with van der Waals surface area (Å²) in [5.74, 6) is 1.67. The number of amides is 1. The number of benzene rings is 2. The number of carbonyl (C=O) groups is 1. The Kier molecular flexibility index (Phi) is 7.93. The second-order valence-corrected chi connectivity index (χ2v) is 14.1. The number of carbonyl (C=O) groups excluding carboxylic acids is 1. The number of nitrogens with zero attached hydrogens (tertiary/aromatic N) is 12. The van der Waals surface area contributed by atoms with E-state index >= 15 is 0 Å². The molecule has 17 nitrogen and oxygen atoms in total. The lowest BCUT2D eigenvalue weighted by Crippen LogP contribution is -2.48. The van der Waals surface area contributed by atoms with Crippen molar-refractivity contribution in [2.75, 3.05) is 60.5 Å². The van der Waals surface area contributed by atoms with Gasteiger partial charge in [0.2, 0.25) is 11.9 Å². The summed E-state index contributed by atoms with van der Waals surface area (Å²) in [6.07, 6.45) is 8.34. The van der Waals surface area contributed by atoms with Crippen LogP contribution >= 0.6 is 0 Å². The minimum absolute atomic E-state index is 0.0786. The molecule has 0 atom stereocenters. The van der Waals surface area contributed by atoms with Gasteiger partial charge < -0.3 is 35.9 Å². The molecule has 0 aliphatic carbocycles. The maximum atomic E-state index is 13.6. The number of anilines is 4. The first kappa shape index (κ1) is 32.9. The number of oxazole rings is 1. The van der Waals surface area contributed by atoms with Crippen molar-refractivity contribution in [2.45, 2.75) is 32.5 Å². The van der Waals surface area contributed by atoms with E-state index in [1.807, 2.05) is 34.0 Å². The molecular formula is C38H37N15O2. The monoisotopic (exact) mass is 735 g/mol. The van der Waals surface area contributed by atoms with Crippen molar-refractivity contribution in [1.29, 1.82) is 0 Å². The Labute approximate surface area is 314 Å². The highest BCUT2D eigenvalue weighted by Gasteiger charge is 2.26. The number of nitrogens with one attached hydrogen (secondary N) is 1. The van der Waals surface area contributed by atoms with Gasteiger partial charge in [0.1, 0.15) is 23.4 Å². The van der Waals surface area contributed by atoms with Gasteiger partial charge in [-0.3, -0.25) is 4.79 Å². The van der Waals surface area contributed by atoms with Crippen molar-refractivity contribution >= 4 is 51.8 Å². The summed E-state index contributed by atoms with van der Waals surface area (Å²) in [6, 6.07) is 12.0. The molecule has 3 aliphatic heterocycles. The highest BCUT2D eigenvalue weighted by Crippen LogP contribution is 2.33. The maximum absolute atomic E-state index is 13.6. The summed E-state index contributed by atoms with van der Waals surface area (Å²) in [4.78, 5) is 51.6. The largest absolute Gasteiger partial charge is 0.424 e.